The molecule has 1 saturated heterocycles. The molecule has 3 N–H and O–H groups in total. The Kier molecular flexibility index (Phi) is 5.74. The average Bonchev–Trinajstić information content (AvgIpc) is 3.35. The molecule has 1 unspecified atom stereocenters. The number of carbonyl (C=O) groups excluding carboxylic acids is 1. The molecule has 0 bridgehead atoms. The zero-order valence-corrected chi connectivity index (χ0v) is 16.0. The molecule has 2 aliphatic heterocycles. The highest BCUT2D eigenvalue weighted by atomic mass is 16.5. The number of hydrogen-bond acceptors (Lipinski definition) is 4. The van der Waals surface area contributed by atoms with Crippen molar-refractivity contribution in [2.75, 3.05) is 18.4 Å². The fourth-order valence-corrected chi connectivity index (χ4v) is 4.44. The molecule has 5 heteroatoms. The van der Waals surface area contributed by atoms with E-state index in [2.05, 4.69) is 46.6 Å². The van der Waals surface area contributed by atoms with Gasteiger partial charge in [-0.25, -0.2) is 5.48 Å². The summed E-state index contributed by atoms with van der Waals surface area (Å²) >= 11 is 0. The van der Waals surface area contributed by atoms with Crippen LogP contribution in [0.1, 0.15) is 41.9 Å². The number of hydroxylamine groups is 1. The average molecular weight is 377 g/mol. The quantitative estimate of drug-likeness (QED) is 0.407. The molecule has 1 amide bonds. The van der Waals surface area contributed by atoms with E-state index in [1.165, 1.54) is 42.2 Å². The molecule has 2 atom stereocenters. The minimum Gasteiger partial charge on any atom is -0.384 e. The summed E-state index contributed by atoms with van der Waals surface area (Å²) in [6.07, 6.45) is 6.76. The number of likely N-dealkylation sites (tertiary alicyclic amines) is 1. The number of nitrogens with zero attached hydrogens (tertiary/aromatic N) is 1. The van der Waals surface area contributed by atoms with Crippen LogP contribution < -0.4 is 10.8 Å². The summed E-state index contributed by atoms with van der Waals surface area (Å²) in [4.78, 5) is 13.7. The third-order valence-electron chi connectivity index (χ3n) is 5.90. The number of benzene rings is 2. The number of anilines is 1. The number of rotatable bonds is 6. The SMILES string of the molecule is O=C(/C=C/c1ccc(CN2CCC[C@H]2CC2CNc3ccccc32)cc1)NO. The zero-order chi connectivity index (χ0) is 19.3. The van der Waals surface area contributed by atoms with Crippen molar-refractivity contribution in [1.29, 1.82) is 0 Å². The van der Waals surface area contributed by atoms with Gasteiger partial charge in [-0.05, 0) is 54.6 Å². The molecule has 2 heterocycles. The van der Waals surface area contributed by atoms with Gasteiger partial charge in [-0.15, -0.1) is 0 Å². The molecule has 2 aliphatic rings. The highest BCUT2D eigenvalue weighted by molar-refractivity contribution is 5.90. The summed E-state index contributed by atoms with van der Waals surface area (Å²) in [6, 6.07) is 17.6. The van der Waals surface area contributed by atoms with Crippen LogP contribution in [0, 0.1) is 0 Å². The van der Waals surface area contributed by atoms with Crippen LogP contribution in [0.5, 0.6) is 0 Å². The van der Waals surface area contributed by atoms with Gasteiger partial charge in [-0.1, -0.05) is 42.5 Å². The fourth-order valence-electron chi connectivity index (χ4n) is 4.44. The molecule has 0 aliphatic carbocycles. The number of para-hydroxylation sites is 1. The highest BCUT2D eigenvalue weighted by Crippen LogP contribution is 2.37. The molecule has 4 rings (SSSR count). The maximum atomic E-state index is 11.1. The van der Waals surface area contributed by atoms with Crippen molar-refractivity contribution >= 4 is 17.7 Å². The standard InChI is InChI=1S/C23H27N3O2/c27-23(25-28)12-11-17-7-9-18(10-8-17)16-26-13-3-4-20(26)14-19-15-24-22-6-2-1-5-21(19)22/h1-2,5-12,19-20,24,28H,3-4,13-16H2,(H,25,27)/b12-11+/t19?,20-/m0/s1. The predicted octanol–water partition coefficient (Wildman–Crippen LogP) is 3.77. The molecule has 1 fully saturated rings. The van der Waals surface area contributed by atoms with E-state index in [1.807, 2.05) is 12.1 Å². The second-order valence-corrected chi connectivity index (χ2v) is 7.72. The van der Waals surface area contributed by atoms with Crippen molar-refractivity contribution < 1.29 is 10.0 Å². The Morgan fingerprint density at radius 3 is 2.86 bits per heavy atom. The molecular weight excluding hydrogens is 350 g/mol. The van der Waals surface area contributed by atoms with Gasteiger partial charge < -0.3 is 5.32 Å². The Hall–Kier alpha value is -2.63. The number of amides is 1. The summed E-state index contributed by atoms with van der Waals surface area (Å²) in [6.45, 7) is 3.17. The van der Waals surface area contributed by atoms with Crippen LogP contribution in [0.15, 0.2) is 54.6 Å². The highest BCUT2D eigenvalue weighted by Gasteiger charge is 2.30. The van der Waals surface area contributed by atoms with E-state index in [9.17, 15) is 4.79 Å². The van der Waals surface area contributed by atoms with Crippen LogP contribution in [0.3, 0.4) is 0 Å². The van der Waals surface area contributed by atoms with Gasteiger partial charge in [0.15, 0.2) is 0 Å². The molecule has 0 aromatic heterocycles. The largest absolute Gasteiger partial charge is 0.384 e. The third kappa shape index (κ3) is 4.26. The minimum absolute atomic E-state index is 0.521. The van der Waals surface area contributed by atoms with Gasteiger partial charge >= 0.3 is 0 Å². The second-order valence-electron chi connectivity index (χ2n) is 7.72. The van der Waals surface area contributed by atoms with E-state index < -0.39 is 5.91 Å². The molecule has 5 nitrogen and oxygen atoms in total. The predicted molar refractivity (Wildman–Crippen MR) is 111 cm³/mol. The summed E-state index contributed by atoms with van der Waals surface area (Å²) in [7, 11) is 0. The molecule has 2 aromatic rings. The van der Waals surface area contributed by atoms with Gasteiger partial charge in [-0.3, -0.25) is 14.9 Å². The summed E-state index contributed by atoms with van der Waals surface area (Å²) < 4.78 is 0. The Balaban J connectivity index is 1.37. The normalized spacial score (nSPS) is 21.6. The first-order valence-electron chi connectivity index (χ1n) is 10.0. The van der Waals surface area contributed by atoms with Crippen molar-refractivity contribution in [3.63, 3.8) is 0 Å². The van der Waals surface area contributed by atoms with Crippen LogP contribution in [-0.2, 0) is 11.3 Å². The van der Waals surface area contributed by atoms with Crippen LogP contribution in [0.25, 0.3) is 6.08 Å². The van der Waals surface area contributed by atoms with Crippen molar-refractivity contribution in [3.8, 4) is 0 Å². The van der Waals surface area contributed by atoms with E-state index in [1.54, 1.807) is 11.6 Å². The summed E-state index contributed by atoms with van der Waals surface area (Å²) in [5.74, 6) is 0.0824. The first-order chi connectivity index (χ1) is 13.7. The first kappa shape index (κ1) is 18.7. The lowest BCUT2D eigenvalue weighted by Crippen LogP contribution is -2.30. The van der Waals surface area contributed by atoms with E-state index in [4.69, 9.17) is 5.21 Å². The lowest BCUT2D eigenvalue weighted by Gasteiger charge is -2.27. The monoisotopic (exact) mass is 377 g/mol. The van der Waals surface area contributed by atoms with Gasteiger partial charge in [0.05, 0.1) is 0 Å². The molecule has 2 aromatic carbocycles. The lowest BCUT2D eigenvalue weighted by atomic mass is 9.93. The van der Waals surface area contributed by atoms with Gasteiger partial charge in [0.25, 0.3) is 5.91 Å². The lowest BCUT2D eigenvalue weighted by molar-refractivity contribution is -0.124. The Labute approximate surface area is 166 Å². The molecule has 28 heavy (non-hydrogen) atoms. The van der Waals surface area contributed by atoms with E-state index >= 15 is 0 Å². The number of fused-ring (bicyclic) bond motifs is 1. The van der Waals surface area contributed by atoms with Crippen LogP contribution in [0.4, 0.5) is 5.69 Å². The molecular formula is C23H27N3O2. The van der Waals surface area contributed by atoms with Crippen LogP contribution in [-0.4, -0.2) is 35.1 Å². The Bertz CT molecular complexity index is 847. The minimum atomic E-state index is -0.521. The van der Waals surface area contributed by atoms with Gasteiger partial charge in [0.1, 0.15) is 0 Å². The molecule has 0 saturated carbocycles. The van der Waals surface area contributed by atoms with Crippen molar-refractivity contribution in [3.05, 3.63) is 71.3 Å². The summed E-state index contributed by atoms with van der Waals surface area (Å²) in [5, 5.41) is 12.1. The maximum absolute atomic E-state index is 11.1. The second kappa shape index (κ2) is 8.59. The third-order valence-corrected chi connectivity index (χ3v) is 5.90. The van der Waals surface area contributed by atoms with E-state index in [-0.39, 0.29) is 0 Å². The summed E-state index contributed by atoms with van der Waals surface area (Å²) in [5.41, 5.74) is 6.61. The van der Waals surface area contributed by atoms with Crippen molar-refractivity contribution in [2.24, 2.45) is 0 Å². The number of carbonyl (C=O) groups is 1. The topological polar surface area (TPSA) is 64.6 Å². The van der Waals surface area contributed by atoms with Gasteiger partial charge in [0, 0.05) is 36.8 Å². The van der Waals surface area contributed by atoms with Crippen molar-refractivity contribution in [2.45, 2.75) is 37.8 Å². The van der Waals surface area contributed by atoms with Gasteiger partial charge in [-0.2, -0.15) is 0 Å². The smallest absolute Gasteiger partial charge is 0.267 e. The van der Waals surface area contributed by atoms with Crippen LogP contribution >= 0.6 is 0 Å². The van der Waals surface area contributed by atoms with Gasteiger partial charge in [0.2, 0.25) is 0 Å². The van der Waals surface area contributed by atoms with E-state index in [0.717, 1.165) is 25.2 Å². The number of hydrogen-bond donors (Lipinski definition) is 3. The van der Waals surface area contributed by atoms with E-state index in [0.29, 0.717) is 12.0 Å². The number of nitrogens with one attached hydrogen (secondary N) is 2. The van der Waals surface area contributed by atoms with Crippen LogP contribution in [0.2, 0.25) is 0 Å². The molecule has 0 radical (unpaired) electrons. The van der Waals surface area contributed by atoms with Crippen molar-refractivity contribution in [1.82, 2.24) is 10.4 Å². The molecule has 146 valence electrons. The molecule has 0 spiro atoms. The Morgan fingerprint density at radius 2 is 2.04 bits per heavy atom. The fraction of sp³-hybridized carbons (Fsp3) is 0.348. The zero-order valence-electron chi connectivity index (χ0n) is 16.0. The maximum Gasteiger partial charge on any atom is 0.267 e. The Morgan fingerprint density at radius 1 is 1.21 bits per heavy atom. The first-order valence-corrected chi connectivity index (χ1v) is 10.0.